The SMILES string of the molecule is CCNC(c1cccc(Br)c1F)c1c(C)nn(C)c1C. The predicted molar refractivity (Wildman–Crippen MR) is 82.3 cm³/mol. The number of nitrogens with one attached hydrogen (secondary N) is 1. The molecule has 1 aromatic carbocycles. The van der Waals surface area contributed by atoms with Gasteiger partial charge in [0.1, 0.15) is 5.82 Å². The van der Waals surface area contributed by atoms with Gasteiger partial charge in [0, 0.05) is 23.9 Å². The Morgan fingerprint density at radius 1 is 1.40 bits per heavy atom. The maximum absolute atomic E-state index is 14.4. The topological polar surface area (TPSA) is 29.9 Å². The number of halogens is 2. The van der Waals surface area contributed by atoms with Crippen LogP contribution >= 0.6 is 15.9 Å². The van der Waals surface area contributed by atoms with Gasteiger partial charge >= 0.3 is 0 Å². The third-order valence-corrected chi connectivity index (χ3v) is 4.17. The zero-order chi connectivity index (χ0) is 14.9. The molecule has 2 aromatic rings. The van der Waals surface area contributed by atoms with Crippen LogP contribution in [0.4, 0.5) is 4.39 Å². The Labute approximate surface area is 127 Å². The molecule has 5 heteroatoms. The van der Waals surface area contributed by atoms with Crippen LogP contribution in [-0.2, 0) is 7.05 Å². The number of aromatic nitrogens is 2. The fourth-order valence-electron chi connectivity index (χ4n) is 2.52. The summed E-state index contributed by atoms with van der Waals surface area (Å²) in [5.74, 6) is -0.221. The zero-order valence-electron chi connectivity index (χ0n) is 12.2. The van der Waals surface area contributed by atoms with Crippen LogP contribution in [0.1, 0.15) is 35.5 Å². The Bertz CT molecular complexity index is 622. The van der Waals surface area contributed by atoms with Crippen LogP contribution in [0, 0.1) is 19.7 Å². The van der Waals surface area contributed by atoms with Crippen LogP contribution in [0.25, 0.3) is 0 Å². The zero-order valence-corrected chi connectivity index (χ0v) is 13.8. The van der Waals surface area contributed by atoms with Crippen LogP contribution in [0.15, 0.2) is 22.7 Å². The minimum atomic E-state index is -0.221. The summed E-state index contributed by atoms with van der Waals surface area (Å²) in [6.07, 6.45) is 0. The molecule has 1 aromatic heterocycles. The highest BCUT2D eigenvalue weighted by atomic mass is 79.9. The fourth-order valence-corrected chi connectivity index (χ4v) is 2.90. The molecule has 1 atom stereocenters. The van der Waals surface area contributed by atoms with Crippen molar-refractivity contribution in [3.63, 3.8) is 0 Å². The molecule has 0 aliphatic heterocycles. The van der Waals surface area contributed by atoms with E-state index >= 15 is 0 Å². The second-order valence-corrected chi connectivity index (χ2v) is 5.70. The van der Waals surface area contributed by atoms with Crippen LogP contribution < -0.4 is 5.32 Å². The van der Waals surface area contributed by atoms with Crippen molar-refractivity contribution in [2.45, 2.75) is 26.8 Å². The van der Waals surface area contributed by atoms with Crippen molar-refractivity contribution in [3.8, 4) is 0 Å². The summed E-state index contributed by atoms with van der Waals surface area (Å²) in [5, 5.41) is 7.80. The molecular formula is C15H19BrFN3. The first-order valence-electron chi connectivity index (χ1n) is 6.64. The highest BCUT2D eigenvalue weighted by Crippen LogP contribution is 2.31. The highest BCUT2D eigenvalue weighted by molar-refractivity contribution is 9.10. The summed E-state index contributed by atoms with van der Waals surface area (Å²) < 4.78 is 16.7. The summed E-state index contributed by atoms with van der Waals surface area (Å²) in [5.41, 5.74) is 3.66. The average molecular weight is 340 g/mol. The van der Waals surface area contributed by atoms with Gasteiger partial charge in [-0.2, -0.15) is 5.10 Å². The van der Waals surface area contributed by atoms with Gasteiger partial charge in [-0.25, -0.2) is 4.39 Å². The summed E-state index contributed by atoms with van der Waals surface area (Å²) in [6, 6.07) is 5.20. The molecule has 0 spiro atoms. The number of nitrogens with zero attached hydrogens (tertiary/aromatic N) is 2. The molecule has 0 bridgehead atoms. The van der Waals surface area contributed by atoms with Crippen LogP contribution in [0.3, 0.4) is 0 Å². The lowest BCUT2D eigenvalue weighted by Gasteiger charge is -2.20. The minimum Gasteiger partial charge on any atom is -0.306 e. The normalized spacial score (nSPS) is 12.7. The maximum atomic E-state index is 14.4. The molecule has 3 nitrogen and oxygen atoms in total. The first-order chi connectivity index (χ1) is 9.47. The fraction of sp³-hybridized carbons (Fsp3) is 0.400. The Hall–Kier alpha value is -1.20. The van der Waals surface area contributed by atoms with Crippen LogP contribution in [0.2, 0.25) is 0 Å². The summed E-state index contributed by atoms with van der Waals surface area (Å²) in [6.45, 7) is 6.74. The van der Waals surface area contributed by atoms with Gasteiger partial charge in [-0.1, -0.05) is 19.1 Å². The summed E-state index contributed by atoms with van der Waals surface area (Å²) >= 11 is 3.26. The average Bonchev–Trinajstić information content (AvgIpc) is 2.65. The van der Waals surface area contributed by atoms with Crippen molar-refractivity contribution in [2.75, 3.05) is 6.54 Å². The summed E-state index contributed by atoms with van der Waals surface area (Å²) in [4.78, 5) is 0. The first-order valence-corrected chi connectivity index (χ1v) is 7.44. The van der Waals surface area contributed by atoms with Gasteiger partial charge in [0.15, 0.2) is 0 Å². The molecule has 0 saturated carbocycles. The van der Waals surface area contributed by atoms with Gasteiger partial charge in [-0.05, 0) is 42.4 Å². The van der Waals surface area contributed by atoms with E-state index in [2.05, 4.69) is 26.3 Å². The lowest BCUT2D eigenvalue weighted by molar-refractivity contribution is 0.552. The molecule has 108 valence electrons. The van der Waals surface area contributed by atoms with Crippen LogP contribution in [-0.4, -0.2) is 16.3 Å². The van der Waals surface area contributed by atoms with Crippen molar-refractivity contribution in [3.05, 3.63) is 51.0 Å². The lowest BCUT2D eigenvalue weighted by Crippen LogP contribution is -2.24. The molecule has 1 heterocycles. The van der Waals surface area contributed by atoms with E-state index in [1.54, 1.807) is 6.07 Å². The standard InChI is InChI=1S/C15H19BrFN3/c1-5-18-15(11-7-6-8-12(16)14(11)17)13-9(2)19-20(4)10(13)3/h6-8,15,18H,5H2,1-4H3. The van der Waals surface area contributed by atoms with Crippen LogP contribution in [0.5, 0.6) is 0 Å². The van der Waals surface area contributed by atoms with Crippen molar-refractivity contribution in [1.29, 1.82) is 0 Å². The molecule has 0 aliphatic rings. The largest absolute Gasteiger partial charge is 0.306 e. The Balaban J connectivity index is 2.59. The molecule has 0 fully saturated rings. The van der Waals surface area contributed by atoms with Crippen molar-refractivity contribution in [1.82, 2.24) is 15.1 Å². The molecule has 0 saturated heterocycles. The van der Waals surface area contributed by atoms with Gasteiger partial charge in [0.05, 0.1) is 16.2 Å². The smallest absolute Gasteiger partial charge is 0.142 e. The molecule has 0 aliphatic carbocycles. The van der Waals surface area contributed by atoms with Gasteiger partial charge in [0.25, 0.3) is 0 Å². The van der Waals surface area contributed by atoms with Crippen molar-refractivity contribution < 1.29 is 4.39 Å². The highest BCUT2D eigenvalue weighted by Gasteiger charge is 2.24. The predicted octanol–water partition coefficient (Wildman–Crippen LogP) is 3.64. The lowest BCUT2D eigenvalue weighted by atomic mass is 9.96. The third-order valence-electron chi connectivity index (χ3n) is 3.55. The van der Waals surface area contributed by atoms with E-state index in [0.717, 1.165) is 23.5 Å². The third kappa shape index (κ3) is 2.65. The van der Waals surface area contributed by atoms with Gasteiger partial charge in [0.2, 0.25) is 0 Å². The molecule has 0 amide bonds. The number of benzene rings is 1. The quantitative estimate of drug-likeness (QED) is 0.921. The minimum absolute atomic E-state index is 0.189. The maximum Gasteiger partial charge on any atom is 0.142 e. The van der Waals surface area contributed by atoms with Gasteiger partial charge in [-0.15, -0.1) is 0 Å². The van der Waals surface area contributed by atoms with Crippen molar-refractivity contribution >= 4 is 15.9 Å². The van der Waals surface area contributed by atoms with Gasteiger partial charge in [-0.3, -0.25) is 4.68 Å². The Morgan fingerprint density at radius 3 is 2.65 bits per heavy atom. The molecule has 0 radical (unpaired) electrons. The molecular weight excluding hydrogens is 321 g/mol. The Kier molecular flexibility index (Phi) is 4.60. The molecule has 1 unspecified atom stereocenters. The summed E-state index contributed by atoms with van der Waals surface area (Å²) in [7, 11) is 1.91. The second-order valence-electron chi connectivity index (χ2n) is 4.84. The number of hydrogen-bond acceptors (Lipinski definition) is 2. The van der Waals surface area contributed by atoms with E-state index in [1.165, 1.54) is 0 Å². The molecule has 1 N–H and O–H groups in total. The van der Waals surface area contributed by atoms with E-state index in [9.17, 15) is 4.39 Å². The molecule has 2 rings (SSSR count). The monoisotopic (exact) mass is 339 g/mol. The van der Waals surface area contributed by atoms with E-state index in [0.29, 0.717) is 10.0 Å². The first kappa shape index (κ1) is 15.2. The van der Waals surface area contributed by atoms with E-state index in [1.807, 2.05) is 44.6 Å². The second kappa shape index (κ2) is 6.06. The Morgan fingerprint density at radius 2 is 2.10 bits per heavy atom. The number of hydrogen-bond donors (Lipinski definition) is 1. The van der Waals surface area contributed by atoms with Gasteiger partial charge < -0.3 is 5.32 Å². The number of rotatable bonds is 4. The van der Waals surface area contributed by atoms with E-state index in [4.69, 9.17) is 0 Å². The number of aryl methyl sites for hydroxylation is 2. The van der Waals surface area contributed by atoms with Crippen molar-refractivity contribution in [2.24, 2.45) is 7.05 Å². The van der Waals surface area contributed by atoms with E-state index in [-0.39, 0.29) is 11.9 Å². The van der Waals surface area contributed by atoms with E-state index < -0.39 is 0 Å². The molecule has 20 heavy (non-hydrogen) atoms.